The van der Waals surface area contributed by atoms with Gasteiger partial charge in [0.05, 0.1) is 0 Å². The van der Waals surface area contributed by atoms with Crippen molar-refractivity contribution in [3.8, 4) is 0 Å². The normalized spacial score (nSPS) is 21.1. The maximum Gasteiger partial charge on any atom is 0.245 e. The van der Waals surface area contributed by atoms with Crippen molar-refractivity contribution in [1.82, 2.24) is 4.90 Å². The molecular formula is C14H18N2O. The van der Waals surface area contributed by atoms with Gasteiger partial charge in [-0.2, -0.15) is 0 Å². The molecule has 1 unspecified atom stereocenters. The molecule has 3 nitrogen and oxygen atoms in total. The molecule has 1 amide bonds. The van der Waals surface area contributed by atoms with E-state index in [2.05, 4.69) is 23.2 Å². The molecule has 90 valence electrons. The molecule has 1 aromatic carbocycles. The highest BCUT2D eigenvalue weighted by atomic mass is 16.2. The number of likely N-dealkylation sites (N-methyl/N-ethyl adjacent to an activating group) is 1. The Hall–Kier alpha value is -1.61. The zero-order chi connectivity index (χ0) is 12.3. The van der Waals surface area contributed by atoms with Gasteiger partial charge in [-0.3, -0.25) is 9.69 Å². The van der Waals surface area contributed by atoms with Crippen LogP contribution in [0.2, 0.25) is 0 Å². The summed E-state index contributed by atoms with van der Waals surface area (Å²) in [6, 6.07) is 7.81. The van der Waals surface area contributed by atoms with Crippen molar-refractivity contribution in [2.24, 2.45) is 0 Å². The van der Waals surface area contributed by atoms with Crippen molar-refractivity contribution in [1.29, 1.82) is 0 Å². The molecule has 0 bridgehead atoms. The first-order chi connectivity index (χ1) is 8.26. The average molecular weight is 230 g/mol. The maximum atomic E-state index is 12.1. The first-order valence-corrected chi connectivity index (χ1v) is 6.02. The van der Waals surface area contributed by atoms with Crippen molar-refractivity contribution in [2.45, 2.75) is 26.4 Å². The van der Waals surface area contributed by atoms with Crippen LogP contribution in [-0.2, 0) is 11.3 Å². The fraction of sp³-hybridized carbons (Fsp3) is 0.357. The standard InChI is InChI=1S/C14H18N2O/c1-3-7-13-14(17)15-12-9-6-5-8-11(12)10-16(13)4-2/h3,5-9,13H,4,10H2,1-2H3,(H,15,17)/b7-3+. The van der Waals surface area contributed by atoms with E-state index in [-0.39, 0.29) is 11.9 Å². The van der Waals surface area contributed by atoms with Gasteiger partial charge in [0, 0.05) is 12.2 Å². The Labute approximate surface area is 102 Å². The van der Waals surface area contributed by atoms with Crippen molar-refractivity contribution in [2.75, 3.05) is 11.9 Å². The number of para-hydroxylation sites is 1. The van der Waals surface area contributed by atoms with Crippen LogP contribution < -0.4 is 5.32 Å². The lowest BCUT2D eigenvalue weighted by molar-refractivity contribution is -0.119. The highest BCUT2D eigenvalue weighted by Crippen LogP contribution is 2.23. The molecule has 1 atom stereocenters. The van der Waals surface area contributed by atoms with E-state index in [0.29, 0.717) is 0 Å². The minimum atomic E-state index is -0.169. The number of hydrogen-bond donors (Lipinski definition) is 1. The molecule has 1 aliphatic rings. The molecule has 1 aliphatic heterocycles. The number of nitrogens with zero attached hydrogens (tertiary/aromatic N) is 1. The van der Waals surface area contributed by atoms with Gasteiger partial charge >= 0.3 is 0 Å². The lowest BCUT2D eigenvalue weighted by atomic mass is 10.1. The number of carbonyl (C=O) groups is 1. The second-order valence-corrected chi connectivity index (χ2v) is 4.18. The lowest BCUT2D eigenvalue weighted by Crippen LogP contribution is -2.40. The third-order valence-electron chi connectivity index (χ3n) is 3.09. The zero-order valence-corrected chi connectivity index (χ0v) is 10.3. The number of benzene rings is 1. The molecule has 1 N–H and O–H groups in total. The molecular weight excluding hydrogens is 212 g/mol. The van der Waals surface area contributed by atoms with Gasteiger partial charge < -0.3 is 5.32 Å². The third-order valence-corrected chi connectivity index (χ3v) is 3.09. The quantitative estimate of drug-likeness (QED) is 0.791. The van der Waals surface area contributed by atoms with Crippen LogP contribution in [0.15, 0.2) is 36.4 Å². The molecule has 1 heterocycles. The summed E-state index contributed by atoms with van der Waals surface area (Å²) in [6.45, 7) is 5.69. The van der Waals surface area contributed by atoms with Gasteiger partial charge in [0.1, 0.15) is 6.04 Å². The third kappa shape index (κ3) is 2.39. The predicted molar refractivity (Wildman–Crippen MR) is 69.8 cm³/mol. The van der Waals surface area contributed by atoms with Crippen LogP contribution in [0.1, 0.15) is 19.4 Å². The van der Waals surface area contributed by atoms with Crippen LogP contribution in [0.3, 0.4) is 0 Å². The smallest absolute Gasteiger partial charge is 0.245 e. The van der Waals surface area contributed by atoms with Crippen molar-refractivity contribution < 1.29 is 4.79 Å². The SMILES string of the molecule is C/C=C/C1C(=O)Nc2ccccc2CN1CC. The molecule has 1 aromatic rings. The summed E-state index contributed by atoms with van der Waals surface area (Å²) >= 11 is 0. The summed E-state index contributed by atoms with van der Waals surface area (Å²) in [6.07, 6.45) is 3.88. The second kappa shape index (κ2) is 5.15. The first kappa shape index (κ1) is 11.9. The van der Waals surface area contributed by atoms with Crippen LogP contribution >= 0.6 is 0 Å². The number of allylic oxidation sites excluding steroid dienone is 1. The molecule has 0 spiro atoms. The van der Waals surface area contributed by atoms with E-state index < -0.39 is 0 Å². The van der Waals surface area contributed by atoms with E-state index >= 15 is 0 Å². The van der Waals surface area contributed by atoms with E-state index in [1.54, 1.807) is 0 Å². The molecule has 17 heavy (non-hydrogen) atoms. The van der Waals surface area contributed by atoms with Crippen molar-refractivity contribution in [3.05, 3.63) is 42.0 Å². The van der Waals surface area contributed by atoms with Gasteiger partial charge in [0.2, 0.25) is 5.91 Å². The average Bonchev–Trinajstić information content (AvgIpc) is 2.47. The Kier molecular flexibility index (Phi) is 3.59. The number of anilines is 1. The van der Waals surface area contributed by atoms with Crippen LogP contribution in [0.4, 0.5) is 5.69 Å². The Morgan fingerprint density at radius 1 is 1.47 bits per heavy atom. The molecule has 0 aromatic heterocycles. The fourth-order valence-electron chi connectivity index (χ4n) is 2.17. The molecule has 0 aliphatic carbocycles. The van der Waals surface area contributed by atoms with E-state index in [1.165, 1.54) is 5.56 Å². The zero-order valence-electron chi connectivity index (χ0n) is 10.3. The summed E-state index contributed by atoms with van der Waals surface area (Å²) in [5.74, 6) is 0.0508. The van der Waals surface area contributed by atoms with Crippen LogP contribution in [0, 0.1) is 0 Å². The summed E-state index contributed by atoms with van der Waals surface area (Å²) in [4.78, 5) is 14.3. The first-order valence-electron chi connectivity index (χ1n) is 6.02. The number of fused-ring (bicyclic) bond motifs is 1. The van der Waals surface area contributed by atoms with Crippen LogP contribution in [-0.4, -0.2) is 23.4 Å². The monoisotopic (exact) mass is 230 g/mol. The largest absolute Gasteiger partial charge is 0.324 e. The van der Waals surface area contributed by atoms with E-state index in [1.807, 2.05) is 37.3 Å². The van der Waals surface area contributed by atoms with Gasteiger partial charge in [-0.1, -0.05) is 37.3 Å². The highest BCUT2D eigenvalue weighted by Gasteiger charge is 2.26. The van der Waals surface area contributed by atoms with Gasteiger partial charge in [-0.25, -0.2) is 0 Å². The predicted octanol–water partition coefficient (Wildman–Crippen LogP) is 2.41. The molecule has 3 heteroatoms. The van der Waals surface area contributed by atoms with E-state index in [0.717, 1.165) is 18.8 Å². The van der Waals surface area contributed by atoms with Gasteiger partial charge in [-0.15, -0.1) is 0 Å². The molecule has 0 radical (unpaired) electrons. The topological polar surface area (TPSA) is 32.3 Å². The van der Waals surface area contributed by atoms with E-state index in [4.69, 9.17) is 0 Å². The van der Waals surface area contributed by atoms with Crippen LogP contribution in [0.5, 0.6) is 0 Å². The Balaban J connectivity index is 2.37. The maximum absolute atomic E-state index is 12.1. The number of rotatable bonds is 2. The van der Waals surface area contributed by atoms with Gasteiger partial charge in [0.25, 0.3) is 0 Å². The highest BCUT2D eigenvalue weighted by molar-refractivity contribution is 5.97. The second-order valence-electron chi connectivity index (χ2n) is 4.18. The van der Waals surface area contributed by atoms with Crippen molar-refractivity contribution >= 4 is 11.6 Å². The summed E-state index contributed by atoms with van der Waals surface area (Å²) < 4.78 is 0. The molecule has 0 saturated heterocycles. The Morgan fingerprint density at radius 2 is 2.24 bits per heavy atom. The number of hydrogen-bond acceptors (Lipinski definition) is 2. The van der Waals surface area contributed by atoms with Crippen LogP contribution in [0.25, 0.3) is 0 Å². The molecule has 0 fully saturated rings. The van der Waals surface area contributed by atoms with E-state index in [9.17, 15) is 4.79 Å². The Morgan fingerprint density at radius 3 is 2.94 bits per heavy atom. The lowest BCUT2D eigenvalue weighted by Gasteiger charge is -2.24. The minimum absolute atomic E-state index is 0.0508. The number of amides is 1. The number of carbonyl (C=O) groups excluding carboxylic acids is 1. The van der Waals surface area contributed by atoms with Gasteiger partial charge in [-0.05, 0) is 25.1 Å². The Bertz CT molecular complexity index is 440. The summed E-state index contributed by atoms with van der Waals surface area (Å²) in [5.41, 5.74) is 2.11. The molecule has 2 rings (SSSR count). The van der Waals surface area contributed by atoms with Gasteiger partial charge in [0.15, 0.2) is 0 Å². The number of nitrogens with one attached hydrogen (secondary N) is 1. The molecule has 0 saturated carbocycles. The van der Waals surface area contributed by atoms with Crippen molar-refractivity contribution in [3.63, 3.8) is 0 Å². The summed E-state index contributed by atoms with van der Waals surface area (Å²) in [7, 11) is 0. The minimum Gasteiger partial charge on any atom is -0.324 e. The summed E-state index contributed by atoms with van der Waals surface area (Å²) in [5, 5.41) is 2.99. The fourth-order valence-corrected chi connectivity index (χ4v) is 2.17.